The molecule has 0 saturated carbocycles. The molecule has 21 heavy (non-hydrogen) atoms. The maximum atomic E-state index is 13.8. The number of nitrogens with zero attached hydrogens (tertiary/aromatic N) is 1. The van der Waals surface area contributed by atoms with Gasteiger partial charge < -0.3 is 0 Å². The summed E-state index contributed by atoms with van der Waals surface area (Å²) in [4.78, 5) is 0.138. The molecule has 7 heteroatoms. The molecule has 0 aliphatic carbocycles. The summed E-state index contributed by atoms with van der Waals surface area (Å²) in [6, 6.07) is 2.75. The molecule has 3 nitrogen and oxygen atoms in total. The Morgan fingerprint density at radius 3 is 2.81 bits per heavy atom. The van der Waals surface area contributed by atoms with Gasteiger partial charge in [-0.15, -0.1) is 11.6 Å². The lowest BCUT2D eigenvalue weighted by Crippen LogP contribution is -2.41. The average Bonchev–Trinajstić information content (AvgIpc) is 2.49. The standard InChI is InChI=1S/C14H19ClFNO2S2/c1-3-12-9-17(4-5-20-12)21(18,19)13-6-10(2)14(16)11(7-13)8-15/h6-7,12H,3-5,8-9H2,1-2H3. The van der Waals surface area contributed by atoms with E-state index in [1.165, 1.54) is 16.4 Å². The van der Waals surface area contributed by atoms with Crippen molar-refractivity contribution < 1.29 is 12.8 Å². The van der Waals surface area contributed by atoms with Crippen molar-refractivity contribution in [3.63, 3.8) is 0 Å². The lowest BCUT2D eigenvalue weighted by molar-refractivity contribution is 0.416. The van der Waals surface area contributed by atoms with Crippen LogP contribution in [0.25, 0.3) is 0 Å². The molecule has 1 saturated heterocycles. The van der Waals surface area contributed by atoms with E-state index in [2.05, 4.69) is 6.92 Å². The van der Waals surface area contributed by atoms with Gasteiger partial charge in [0, 0.05) is 29.7 Å². The zero-order chi connectivity index (χ0) is 15.6. The summed E-state index contributed by atoms with van der Waals surface area (Å²) in [5.41, 5.74) is 0.541. The van der Waals surface area contributed by atoms with Gasteiger partial charge in [-0.1, -0.05) is 6.92 Å². The summed E-state index contributed by atoms with van der Waals surface area (Å²) in [7, 11) is -3.58. The minimum atomic E-state index is -3.58. The van der Waals surface area contributed by atoms with Crippen LogP contribution in [0.4, 0.5) is 4.39 Å². The Hall–Kier alpha value is -0.300. The van der Waals surface area contributed by atoms with Gasteiger partial charge in [0.25, 0.3) is 0 Å². The fraction of sp³-hybridized carbons (Fsp3) is 0.571. The Labute approximate surface area is 134 Å². The SMILES string of the molecule is CCC1CN(S(=O)(=O)c2cc(C)c(F)c(CCl)c2)CCS1. The molecule has 1 fully saturated rings. The van der Waals surface area contributed by atoms with E-state index in [0.717, 1.165) is 12.2 Å². The first-order valence-corrected chi connectivity index (χ1v) is 9.89. The molecule has 1 aliphatic rings. The molecule has 0 radical (unpaired) electrons. The summed E-state index contributed by atoms with van der Waals surface area (Å²) < 4.78 is 40.8. The lowest BCUT2D eigenvalue weighted by Gasteiger charge is -2.31. The van der Waals surface area contributed by atoms with Gasteiger partial charge in [0.05, 0.1) is 10.8 Å². The first kappa shape index (κ1) is 17.1. The van der Waals surface area contributed by atoms with Crippen molar-refractivity contribution in [3.05, 3.63) is 29.1 Å². The van der Waals surface area contributed by atoms with Crippen LogP contribution in [0.1, 0.15) is 24.5 Å². The summed E-state index contributed by atoms with van der Waals surface area (Å²) in [6.45, 7) is 4.62. The first-order chi connectivity index (χ1) is 9.90. The van der Waals surface area contributed by atoms with Crippen LogP contribution in [0.15, 0.2) is 17.0 Å². The van der Waals surface area contributed by atoms with E-state index >= 15 is 0 Å². The number of hydrogen-bond acceptors (Lipinski definition) is 3. The topological polar surface area (TPSA) is 37.4 Å². The second-order valence-electron chi connectivity index (χ2n) is 5.11. The molecule has 0 N–H and O–H groups in total. The molecule has 1 aliphatic heterocycles. The summed E-state index contributed by atoms with van der Waals surface area (Å²) in [5, 5.41) is 0.322. The molecule has 118 valence electrons. The number of alkyl halides is 1. The Morgan fingerprint density at radius 1 is 1.48 bits per heavy atom. The van der Waals surface area contributed by atoms with Crippen molar-refractivity contribution in [2.45, 2.75) is 36.3 Å². The van der Waals surface area contributed by atoms with Crippen molar-refractivity contribution in [2.75, 3.05) is 18.8 Å². The third-order valence-corrected chi connectivity index (χ3v) is 7.14. The van der Waals surface area contributed by atoms with Crippen molar-refractivity contribution in [3.8, 4) is 0 Å². The monoisotopic (exact) mass is 351 g/mol. The van der Waals surface area contributed by atoms with E-state index in [1.807, 2.05) is 0 Å². The van der Waals surface area contributed by atoms with Crippen LogP contribution in [-0.2, 0) is 15.9 Å². The number of hydrogen-bond donors (Lipinski definition) is 0. The van der Waals surface area contributed by atoms with Crippen LogP contribution in [-0.4, -0.2) is 36.8 Å². The zero-order valence-corrected chi connectivity index (χ0v) is 14.5. The maximum Gasteiger partial charge on any atom is 0.243 e. The van der Waals surface area contributed by atoms with E-state index in [0.29, 0.717) is 23.9 Å². The minimum Gasteiger partial charge on any atom is -0.207 e. The fourth-order valence-electron chi connectivity index (χ4n) is 2.36. The molecule has 1 aromatic rings. The Morgan fingerprint density at radius 2 is 2.19 bits per heavy atom. The van der Waals surface area contributed by atoms with Crippen LogP contribution in [0.3, 0.4) is 0 Å². The number of sulfonamides is 1. The highest BCUT2D eigenvalue weighted by molar-refractivity contribution is 8.00. The van der Waals surface area contributed by atoms with Crippen LogP contribution >= 0.6 is 23.4 Å². The number of benzene rings is 1. The summed E-state index contributed by atoms with van der Waals surface area (Å²) >= 11 is 7.51. The zero-order valence-electron chi connectivity index (χ0n) is 12.1. The molecule has 0 bridgehead atoms. The number of aryl methyl sites for hydroxylation is 1. The van der Waals surface area contributed by atoms with Crippen LogP contribution in [0.5, 0.6) is 0 Å². The largest absolute Gasteiger partial charge is 0.243 e. The third-order valence-electron chi connectivity index (χ3n) is 3.64. The predicted octanol–water partition coefficient (Wildman–Crippen LogP) is 3.39. The van der Waals surface area contributed by atoms with Crippen molar-refractivity contribution in [1.29, 1.82) is 0 Å². The lowest BCUT2D eigenvalue weighted by atomic mass is 10.1. The molecule has 1 aromatic carbocycles. The van der Waals surface area contributed by atoms with Gasteiger partial charge >= 0.3 is 0 Å². The van der Waals surface area contributed by atoms with Crippen LogP contribution < -0.4 is 0 Å². The van der Waals surface area contributed by atoms with Crippen molar-refractivity contribution in [2.24, 2.45) is 0 Å². The molecular formula is C14H19ClFNO2S2. The second-order valence-corrected chi connectivity index (χ2v) is 8.72. The van der Waals surface area contributed by atoms with Gasteiger partial charge in [0.1, 0.15) is 5.82 Å². The average molecular weight is 352 g/mol. The molecule has 0 spiro atoms. The highest BCUT2D eigenvalue weighted by Crippen LogP contribution is 2.28. The van der Waals surface area contributed by atoms with Gasteiger partial charge in [0.2, 0.25) is 10.0 Å². The van der Waals surface area contributed by atoms with Gasteiger partial charge in [-0.25, -0.2) is 12.8 Å². The molecule has 1 heterocycles. The first-order valence-electron chi connectivity index (χ1n) is 6.86. The second kappa shape index (κ2) is 6.86. The van der Waals surface area contributed by atoms with Crippen molar-refractivity contribution >= 4 is 33.4 Å². The molecule has 0 aromatic heterocycles. The van der Waals surface area contributed by atoms with Gasteiger partial charge in [-0.2, -0.15) is 16.1 Å². The maximum absolute atomic E-state index is 13.8. The minimum absolute atomic E-state index is 0.0382. The van der Waals surface area contributed by atoms with Gasteiger partial charge in [0.15, 0.2) is 0 Å². The van der Waals surface area contributed by atoms with Gasteiger partial charge in [-0.05, 0) is 31.0 Å². The third kappa shape index (κ3) is 3.55. The Kier molecular flexibility index (Phi) is 5.57. The molecule has 0 amide bonds. The number of rotatable bonds is 4. The summed E-state index contributed by atoms with van der Waals surface area (Å²) in [5.74, 6) is 0.327. The smallest absolute Gasteiger partial charge is 0.207 e. The van der Waals surface area contributed by atoms with Gasteiger partial charge in [-0.3, -0.25) is 0 Å². The molecule has 2 rings (SSSR count). The molecule has 1 unspecified atom stereocenters. The fourth-order valence-corrected chi connectivity index (χ4v) is 5.57. The highest BCUT2D eigenvalue weighted by Gasteiger charge is 2.30. The van der Waals surface area contributed by atoms with E-state index in [1.54, 1.807) is 18.7 Å². The summed E-state index contributed by atoms with van der Waals surface area (Å²) in [6.07, 6.45) is 0.937. The van der Waals surface area contributed by atoms with E-state index in [-0.39, 0.29) is 16.3 Å². The van der Waals surface area contributed by atoms with E-state index < -0.39 is 15.8 Å². The predicted molar refractivity (Wildman–Crippen MR) is 86.0 cm³/mol. The quantitative estimate of drug-likeness (QED) is 0.780. The van der Waals surface area contributed by atoms with Crippen LogP contribution in [0, 0.1) is 12.7 Å². The highest BCUT2D eigenvalue weighted by atomic mass is 35.5. The van der Waals surface area contributed by atoms with Crippen LogP contribution in [0.2, 0.25) is 0 Å². The Bertz CT molecular complexity index is 622. The normalized spacial score (nSPS) is 20.7. The van der Waals surface area contributed by atoms with E-state index in [9.17, 15) is 12.8 Å². The molecular weight excluding hydrogens is 333 g/mol. The Balaban J connectivity index is 2.37. The van der Waals surface area contributed by atoms with E-state index in [4.69, 9.17) is 11.6 Å². The van der Waals surface area contributed by atoms with Crippen molar-refractivity contribution in [1.82, 2.24) is 4.31 Å². The number of thioether (sulfide) groups is 1. The molecule has 1 atom stereocenters. The number of halogens is 2.